The number of aliphatic imine (C=N–C) groups is 1. The molecule has 1 saturated heterocycles. The highest BCUT2D eigenvalue weighted by molar-refractivity contribution is 6.31. The molecule has 0 aromatic heterocycles. The first-order valence-corrected chi connectivity index (χ1v) is 8.87. The van der Waals surface area contributed by atoms with E-state index < -0.39 is 17.7 Å². The zero-order valence-corrected chi connectivity index (χ0v) is 16.0. The lowest BCUT2D eigenvalue weighted by molar-refractivity contribution is -0.121. The first kappa shape index (κ1) is 20.1. The number of amides is 1. The molecule has 1 heterocycles. The van der Waals surface area contributed by atoms with Crippen LogP contribution in [0.2, 0.25) is 0 Å². The molecule has 1 aliphatic heterocycles. The van der Waals surface area contributed by atoms with Crippen molar-refractivity contribution in [2.45, 2.75) is 46.6 Å². The van der Waals surface area contributed by atoms with E-state index in [0.29, 0.717) is 28.8 Å². The van der Waals surface area contributed by atoms with Crippen LogP contribution in [0.5, 0.6) is 0 Å². The SMILES string of the molecule is CC=C1NC(=O)C(CC)N(c2ccc(F)c(F)c2)C1=NC(Cl)=C(C)CC. The molecule has 2 rings (SSSR count). The molecule has 1 atom stereocenters. The van der Waals surface area contributed by atoms with Gasteiger partial charge in [0, 0.05) is 11.8 Å². The maximum atomic E-state index is 13.8. The van der Waals surface area contributed by atoms with Crippen LogP contribution in [0.15, 0.2) is 45.7 Å². The number of amidine groups is 1. The average molecular weight is 382 g/mol. The number of nitrogens with one attached hydrogen (secondary N) is 1. The van der Waals surface area contributed by atoms with Gasteiger partial charge in [-0.3, -0.25) is 4.79 Å². The molecule has 0 bridgehead atoms. The van der Waals surface area contributed by atoms with Gasteiger partial charge in [-0.05, 0) is 44.4 Å². The van der Waals surface area contributed by atoms with E-state index in [0.717, 1.165) is 24.1 Å². The Labute approximate surface area is 157 Å². The maximum Gasteiger partial charge on any atom is 0.247 e. The predicted molar refractivity (Wildman–Crippen MR) is 101 cm³/mol. The van der Waals surface area contributed by atoms with Crippen LogP contribution in [0.4, 0.5) is 14.5 Å². The van der Waals surface area contributed by atoms with Crippen molar-refractivity contribution in [3.63, 3.8) is 0 Å². The molecule has 1 unspecified atom stereocenters. The third-order valence-corrected chi connectivity index (χ3v) is 4.69. The van der Waals surface area contributed by atoms with Crippen molar-refractivity contribution in [2.24, 2.45) is 4.99 Å². The summed E-state index contributed by atoms with van der Waals surface area (Å²) >= 11 is 6.32. The van der Waals surface area contributed by atoms with Gasteiger partial charge in [-0.1, -0.05) is 31.5 Å². The molecular weight excluding hydrogens is 360 g/mol. The molecule has 7 heteroatoms. The zero-order chi connectivity index (χ0) is 19.4. The Morgan fingerprint density at radius 2 is 2.04 bits per heavy atom. The fourth-order valence-electron chi connectivity index (χ4n) is 2.62. The summed E-state index contributed by atoms with van der Waals surface area (Å²) in [5.74, 6) is -1.79. The maximum absolute atomic E-state index is 13.8. The molecule has 1 fully saturated rings. The largest absolute Gasteiger partial charge is 0.321 e. The van der Waals surface area contributed by atoms with E-state index in [1.54, 1.807) is 17.9 Å². The summed E-state index contributed by atoms with van der Waals surface area (Å²) in [6.45, 7) is 7.41. The Morgan fingerprint density at radius 3 is 2.58 bits per heavy atom. The number of piperazine rings is 1. The summed E-state index contributed by atoms with van der Waals surface area (Å²) in [6, 6.07) is 2.90. The highest BCUT2D eigenvalue weighted by Gasteiger charge is 2.36. The van der Waals surface area contributed by atoms with Gasteiger partial charge in [0.05, 0.1) is 5.70 Å². The molecule has 0 spiro atoms. The minimum absolute atomic E-state index is 0.239. The number of nitrogens with zero attached hydrogens (tertiary/aromatic N) is 2. The van der Waals surface area contributed by atoms with Gasteiger partial charge in [0.15, 0.2) is 17.5 Å². The van der Waals surface area contributed by atoms with E-state index in [4.69, 9.17) is 11.6 Å². The Morgan fingerprint density at radius 1 is 1.35 bits per heavy atom. The molecule has 4 nitrogen and oxygen atoms in total. The second-order valence-corrected chi connectivity index (χ2v) is 6.30. The molecule has 0 radical (unpaired) electrons. The molecule has 140 valence electrons. The standard InChI is InChI=1S/C19H22ClF2N3O/c1-5-11(4)17(20)24-18-15(6-2)23-19(26)16(7-3)25(18)12-8-9-13(21)14(22)10-12/h6,8-10,16H,5,7H2,1-4H3,(H,23,26). The Hall–Kier alpha value is -2.21. The normalized spacial score (nSPS) is 21.9. The van der Waals surface area contributed by atoms with E-state index in [1.165, 1.54) is 6.07 Å². The number of anilines is 1. The van der Waals surface area contributed by atoms with Crippen LogP contribution in [0.25, 0.3) is 0 Å². The van der Waals surface area contributed by atoms with Gasteiger partial charge in [0.2, 0.25) is 5.91 Å². The van der Waals surface area contributed by atoms with E-state index in [2.05, 4.69) is 10.3 Å². The quantitative estimate of drug-likeness (QED) is 0.757. The minimum Gasteiger partial charge on any atom is -0.321 e. The van der Waals surface area contributed by atoms with E-state index >= 15 is 0 Å². The molecule has 1 aromatic carbocycles. The summed E-state index contributed by atoms with van der Waals surface area (Å²) in [7, 11) is 0. The van der Waals surface area contributed by atoms with Crippen LogP contribution in [0.3, 0.4) is 0 Å². The van der Waals surface area contributed by atoms with Crippen LogP contribution in [0.1, 0.15) is 40.5 Å². The lowest BCUT2D eigenvalue weighted by Gasteiger charge is -2.38. The van der Waals surface area contributed by atoms with Crippen LogP contribution < -0.4 is 10.2 Å². The van der Waals surface area contributed by atoms with Gasteiger partial charge in [-0.2, -0.15) is 0 Å². The number of halogens is 3. The predicted octanol–water partition coefficient (Wildman–Crippen LogP) is 4.86. The van der Waals surface area contributed by atoms with Crippen molar-refractivity contribution in [3.05, 3.63) is 52.3 Å². The average Bonchev–Trinajstić information content (AvgIpc) is 2.63. The van der Waals surface area contributed by atoms with Gasteiger partial charge in [0.1, 0.15) is 11.2 Å². The van der Waals surface area contributed by atoms with E-state index in [-0.39, 0.29) is 5.91 Å². The number of hydrogen-bond donors (Lipinski definition) is 1. The molecule has 1 aromatic rings. The monoisotopic (exact) mass is 381 g/mol. The van der Waals surface area contributed by atoms with Crippen molar-refractivity contribution in [3.8, 4) is 0 Å². The van der Waals surface area contributed by atoms with Gasteiger partial charge in [-0.25, -0.2) is 13.8 Å². The number of carbonyl (C=O) groups is 1. The van der Waals surface area contributed by atoms with Crippen molar-refractivity contribution < 1.29 is 13.6 Å². The van der Waals surface area contributed by atoms with Crippen LogP contribution in [-0.2, 0) is 4.79 Å². The first-order chi connectivity index (χ1) is 12.3. The summed E-state index contributed by atoms with van der Waals surface area (Å²) in [4.78, 5) is 18.6. The van der Waals surface area contributed by atoms with Crippen molar-refractivity contribution in [2.75, 3.05) is 4.90 Å². The Bertz CT molecular complexity index is 802. The van der Waals surface area contributed by atoms with Gasteiger partial charge in [0.25, 0.3) is 0 Å². The summed E-state index contributed by atoms with van der Waals surface area (Å²) in [6.07, 6.45) is 2.87. The molecular formula is C19H22ClF2N3O. The smallest absolute Gasteiger partial charge is 0.247 e. The summed E-state index contributed by atoms with van der Waals surface area (Å²) < 4.78 is 27.2. The third-order valence-electron chi connectivity index (χ3n) is 4.28. The lowest BCUT2D eigenvalue weighted by atomic mass is 10.1. The highest BCUT2D eigenvalue weighted by atomic mass is 35.5. The van der Waals surface area contributed by atoms with Gasteiger partial charge in [-0.15, -0.1) is 0 Å². The minimum atomic E-state index is -0.990. The number of rotatable bonds is 4. The lowest BCUT2D eigenvalue weighted by Crippen LogP contribution is -2.57. The first-order valence-electron chi connectivity index (χ1n) is 8.49. The fourth-order valence-corrected chi connectivity index (χ4v) is 2.83. The molecule has 26 heavy (non-hydrogen) atoms. The van der Waals surface area contributed by atoms with Gasteiger partial charge >= 0.3 is 0 Å². The number of carbonyl (C=O) groups excluding carboxylic acids is 1. The summed E-state index contributed by atoms with van der Waals surface area (Å²) in [5, 5.41) is 3.11. The molecule has 1 N–H and O–H groups in total. The number of benzene rings is 1. The zero-order valence-electron chi connectivity index (χ0n) is 15.2. The number of allylic oxidation sites excluding steroid dienone is 2. The third kappa shape index (κ3) is 3.96. The van der Waals surface area contributed by atoms with E-state index in [1.807, 2.05) is 20.8 Å². The molecule has 0 aliphatic carbocycles. The molecule has 1 aliphatic rings. The van der Waals surface area contributed by atoms with Crippen LogP contribution in [-0.4, -0.2) is 17.8 Å². The Balaban J connectivity index is 2.69. The van der Waals surface area contributed by atoms with Crippen molar-refractivity contribution >= 4 is 29.0 Å². The second-order valence-electron chi connectivity index (χ2n) is 5.94. The number of hydrogen-bond acceptors (Lipinski definition) is 2. The second kappa shape index (κ2) is 8.45. The van der Waals surface area contributed by atoms with Crippen molar-refractivity contribution in [1.29, 1.82) is 0 Å². The molecule has 1 amide bonds. The fraction of sp³-hybridized carbons (Fsp3) is 0.368. The summed E-state index contributed by atoms with van der Waals surface area (Å²) in [5.41, 5.74) is 1.68. The van der Waals surface area contributed by atoms with Crippen LogP contribution >= 0.6 is 11.6 Å². The topological polar surface area (TPSA) is 44.7 Å². The van der Waals surface area contributed by atoms with Crippen molar-refractivity contribution in [1.82, 2.24) is 5.32 Å². The van der Waals surface area contributed by atoms with Gasteiger partial charge < -0.3 is 10.2 Å². The molecule has 0 saturated carbocycles. The van der Waals surface area contributed by atoms with E-state index in [9.17, 15) is 13.6 Å². The van der Waals surface area contributed by atoms with Crippen LogP contribution in [0, 0.1) is 11.6 Å². The highest BCUT2D eigenvalue weighted by Crippen LogP contribution is 2.28. The Kier molecular flexibility index (Phi) is 6.53.